The van der Waals surface area contributed by atoms with Gasteiger partial charge in [-0.15, -0.1) is 0 Å². The molecule has 1 fully saturated rings. The van der Waals surface area contributed by atoms with E-state index >= 15 is 0 Å². The lowest BCUT2D eigenvalue weighted by Gasteiger charge is -2.35. The lowest BCUT2D eigenvalue weighted by atomic mass is 9.94. The van der Waals surface area contributed by atoms with Gasteiger partial charge in [-0.25, -0.2) is 0 Å². The van der Waals surface area contributed by atoms with Crippen molar-refractivity contribution in [3.8, 4) is 0 Å². The molecule has 2 N–H and O–H groups in total. The predicted octanol–water partition coefficient (Wildman–Crippen LogP) is 1.86. The predicted molar refractivity (Wildman–Crippen MR) is 68.5 cm³/mol. The van der Waals surface area contributed by atoms with Crippen LogP contribution in [0.15, 0.2) is 0 Å². The Bertz CT molecular complexity index is 181. The van der Waals surface area contributed by atoms with Crippen LogP contribution in [0.2, 0.25) is 0 Å². The van der Waals surface area contributed by atoms with Crippen LogP contribution in [-0.2, 0) is 4.74 Å². The Kier molecular flexibility index (Phi) is 5.73. The maximum atomic E-state index is 5.80. The van der Waals surface area contributed by atoms with Crippen molar-refractivity contribution in [1.82, 2.24) is 4.90 Å². The number of nitrogens with zero attached hydrogens (tertiary/aromatic N) is 1. The summed E-state index contributed by atoms with van der Waals surface area (Å²) in [6, 6.07) is 0. The summed E-state index contributed by atoms with van der Waals surface area (Å²) in [7, 11) is 0. The first-order chi connectivity index (χ1) is 7.51. The minimum Gasteiger partial charge on any atom is -0.378 e. The highest BCUT2D eigenvalue weighted by Crippen LogP contribution is 2.20. The molecule has 0 spiro atoms. The molecular weight excluding hydrogens is 200 g/mol. The number of hydrogen-bond acceptors (Lipinski definition) is 3. The molecule has 0 aromatic carbocycles. The molecule has 1 heterocycles. The number of ether oxygens (including phenoxy) is 1. The fourth-order valence-corrected chi connectivity index (χ4v) is 2.24. The van der Waals surface area contributed by atoms with E-state index in [1.165, 1.54) is 32.5 Å². The maximum Gasteiger partial charge on any atom is 0.0599 e. The maximum absolute atomic E-state index is 5.80. The molecule has 0 aromatic rings. The summed E-state index contributed by atoms with van der Waals surface area (Å²) < 4.78 is 5.80. The number of likely N-dealkylation sites (tertiary alicyclic amines) is 1. The number of piperidine rings is 1. The second-order valence-corrected chi connectivity index (χ2v) is 6.05. The highest BCUT2D eigenvalue weighted by Gasteiger charge is 2.22. The Balaban J connectivity index is 2.13. The van der Waals surface area contributed by atoms with Crippen LogP contribution in [0.1, 0.15) is 40.0 Å². The largest absolute Gasteiger partial charge is 0.378 e. The highest BCUT2D eigenvalue weighted by atomic mass is 16.5. The van der Waals surface area contributed by atoms with Crippen molar-refractivity contribution >= 4 is 0 Å². The molecule has 0 aromatic heterocycles. The van der Waals surface area contributed by atoms with Gasteiger partial charge in [-0.05, 0) is 31.2 Å². The van der Waals surface area contributed by atoms with Crippen LogP contribution in [0, 0.1) is 5.41 Å². The van der Waals surface area contributed by atoms with Crippen molar-refractivity contribution in [3.05, 3.63) is 0 Å². The summed E-state index contributed by atoms with van der Waals surface area (Å²) in [6.45, 7) is 12.0. The van der Waals surface area contributed by atoms with Crippen LogP contribution in [0.25, 0.3) is 0 Å². The zero-order chi connectivity index (χ0) is 12.0. The molecule has 3 nitrogen and oxygen atoms in total. The van der Waals surface area contributed by atoms with Gasteiger partial charge in [0.05, 0.1) is 6.10 Å². The quantitative estimate of drug-likeness (QED) is 0.730. The zero-order valence-corrected chi connectivity index (χ0v) is 11.2. The molecule has 96 valence electrons. The molecule has 1 aliphatic rings. The van der Waals surface area contributed by atoms with Gasteiger partial charge in [0.15, 0.2) is 0 Å². The standard InChI is InChI=1S/C13H28N2O/c1-13(2,3)11-15-8-5-12(6-9-15)16-10-4-7-14/h12H,4-11,14H2,1-3H3. The molecule has 1 rings (SSSR count). The molecule has 1 aliphatic heterocycles. The molecule has 0 radical (unpaired) electrons. The van der Waals surface area contributed by atoms with Gasteiger partial charge in [-0.2, -0.15) is 0 Å². The summed E-state index contributed by atoms with van der Waals surface area (Å²) in [5.41, 5.74) is 5.86. The van der Waals surface area contributed by atoms with Crippen LogP contribution in [-0.4, -0.2) is 43.8 Å². The van der Waals surface area contributed by atoms with Crippen molar-refractivity contribution in [2.45, 2.75) is 46.1 Å². The minimum absolute atomic E-state index is 0.410. The fraction of sp³-hybridized carbons (Fsp3) is 1.00. The van der Waals surface area contributed by atoms with Gasteiger partial charge in [0.25, 0.3) is 0 Å². The lowest BCUT2D eigenvalue weighted by Crippen LogP contribution is -2.41. The summed E-state index contributed by atoms with van der Waals surface area (Å²) in [5, 5.41) is 0. The van der Waals surface area contributed by atoms with E-state index in [2.05, 4.69) is 25.7 Å². The van der Waals surface area contributed by atoms with Crippen LogP contribution in [0.3, 0.4) is 0 Å². The van der Waals surface area contributed by atoms with E-state index in [1.54, 1.807) is 0 Å². The SMILES string of the molecule is CC(C)(C)CN1CCC(OCCCN)CC1. The molecule has 0 atom stereocenters. The van der Waals surface area contributed by atoms with Crippen molar-refractivity contribution in [1.29, 1.82) is 0 Å². The second-order valence-electron chi connectivity index (χ2n) is 6.05. The number of nitrogens with two attached hydrogens (primary N) is 1. The van der Waals surface area contributed by atoms with Gasteiger partial charge in [0, 0.05) is 26.2 Å². The molecule has 3 heteroatoms. The van der Waals surface area contributed by atoms with E-state index in [0.717, 1.165) is 19.6 Å². The summed E-state index contributed by atoms with van der Waals surface area (Å²) >= 11 is 0. The molecule has 1 saturated heterocycles. The van der Waals surface area contributed by atoms with Gasteiger partial charge in [-0.3, -0.25) is 0 Å². The first-order valence-electron chi connectivity index (χ1n) is 6.55. The third-order valence-corrected chi connectivity index (χ3v) is 2.93. The summed E-state index contributed by atoms with van der Waals surface area (Å²) in [4.78, 5) is 2.56. The van der Waals surface area contributed by atoms with Gasteiger partial charge < -0.3 is 15.4 Å². The number of hydrogen-bond donors (Lipinski definition) is 1. The summed E-state index contributed by atoms with van der Waals surface area (Å²) in [5.74, 6) is 0. The fourth-order valence-electron chi connectivity index (χ4n) is 2.24. The van der Waals surface area contributed by atoms with Crippen molar-refractivity contribution in [2.24, 2.45) is 11.1 Å². The third-order valence-electron chi connectivity index (χ3n) is 2.93. The monoisotopic (exact) mass is 228 g/mol. The van der Waals surface area contributed by atoms with E-state index in [0.29, 0.717) is 11.5 Å². The Hall–Kier alpha value is -0.120. The smallest absolute Gasteiger partial charge is 0.0599 e. The van der Waals surface area contributed by atoms with Crippen molar-refractivity contribution < 1.29 is 4.74 Å². The van der Waals surface area contributed by atoms with Gasteiger partial charge in [0.2, 0.25) is 0 Å². The third kappa shape index (κ3) is 5.83. The molecule has 0 unspecified atom stereocenters. The zero-order valence-electron chi connectivity index (χ0n) is 11.2. The normalized spacial score (nSPS) is 20.2. The molecule has 0 amide bonds. The van der Waals surface area contributed by atoms with E-state index in [4.69, 9.17) is 10.5 Å². The second kappa shape index (κ2) is 6.58. The first-order valence-corrected chi connectivity index (χ1v) is 6.55. The van der Waals surface area contributed by atoms with Crippen molar-refractivity contribution in [3.63, 3.8) is 0 Å². The van der Waals surface area contributed by atoms with Crippen LogP contribution < -0.4 is 5.73 Å². The molecule has 0 saturated carbocycles. The Morgan fingerprint density at radius 2 is 1.88 bits per heavy atom. The Morgan fingerprint density at radius 1 is 1.25 bits per heavy atom. The molecule has 16 heavy (non-hydrogen) atoms. The molecule has 0 bridgehead atoms. The van der Waals surface area contributed by atoms with Crippen molar-refractivity contribution in [2.75, 3.05) is 32.8 Å². The van der Waals surface area contributed by atoms with Crippen LogP contribution in [0.4, 0.5) is 0 Å². The first kappa shape index (κ1) is 13.9. The van der Waals surface area contributed by atoms with Crippen LogP contribution in [0.5, 0.6) is 0 Å². The van der Waals surface area contributed by atoms with Gasteiger partial charge in [-0.1, -0.05) is 20.8 Å². The average molecular weight is 228 g/mol. The van der Waals surface area contributed by atoms with Gasteiger partial charge in [0.1, 0.15) is 0 Å². The van der Waals surface area contributed by atoms with E-state index in [-0.39, 0.29) is 0 Å². The highest BCUT2D eigenvalue weighted by molar-refractivity contribution is 4.76. The summed E-state index contributed by atoms with van der Waals surface area (Å²) in [6.07, 6.45) is 3.83. The number of rotatable bonds is 5. The van der Waals surface area contributed by atoms with Gasteiger partial charge >= 0.3 is 0 Å². The van der Waals surface area contributed by atoms with E-state index in [1.807, 2.05) is 0 Å². The Labute approximate surface area is 100 Å². The topological polar surface area (TPSA) is 38.5 Å². The Morgan fingerprint density at radius 3 is 2.38 bits per heavy atom. The lowest BCUT2D eigenvalue weighted by molar-refractivity contribution is 0.00131. The molecule has 0 aliphatic carbocycles. The average Bonchev–Trinajstić information content (AvgIpc) is 2.19. The van der Waals surface area contributed by atoms with Crippen LogP contribution >= 0.6 is 0 Å². The van der Waals surface area contributed by atoms with E-state index < -0.39 is 0 Å². The minimum atomic E-state index is 0.410. The van der Waals surface area contributed by atoms with E-state index in [9.17, 15) is 0 Å². The molecular formula is C13H28N2O.